The average molecular weight is 443 g/mol. The molecule has 0 aliphatic carbocycles. The van der Waals surface area contributed by atoms with Crippen LogP contribution in [-0.4, -0.2) is 80.3 Å². The van der Waals surface area contributed by atoms with Gasteiger partial charge in [0.2, 0.25) is 5.91 Å². The van der Waals surface area contributed by atoms with Crippen LogP contribution in [0.5, 0.6) is 0 Å². The van der Waals surface area contributed by atoms with Crippen molar-refractivity contribution >= 4 is 17.3 Å². The Kier molecular flexibility index (Phi) is 7.49. The van der Waals surface area contributed by atoms with Gasteiger partial charge >= 0.3 is 6.18 Å². The number of rotatable bonds is 4. The lowest BCUT2D eigenvalue weighted by molar-refractivity contribution is -0.137. The number of morpholine rings is 1. The number of hydrogen-bond acceptors (Lipinski definition) is 5. The smallest absolute Gasteiger partial charge is 0.378 e. The van der Waals surface area contributed by atoms with Gasteiger partial charge < -0.3 is 15.0 Å². The van der Waals surface area contributed by atoms with Gasteiger partial charge in [0.25, 0.3) is 0 Å². The summed E-state index contributed by atoms with van der Waals surface area (Å²) < 4.78 is 45.2. The summed E-state index contributed by atoms with van der Waals surface area (Å²) in [6, 6.07) is 3.54. The molecule has 2 fully saturated rings. The lowest BCUT2D eigenvalue weighted by Crippen LogP contribution is -2.44. The van der Waals surface area contributed by atoms with E-state index in [0.717, 1.165) is 44.7 Å². The number of ether oxygens (including phenoxy) is 1. The number of alkyl halides is 3. The molecular weight excluding hydrogens is 409 g/mol. The SMILES string of the molecule is CC(C)(C)N1CCCN(CC(=O)Nc2cc(C(F)(F)F)ccc2N2CCOCC2)CC1. The van der Waals surface area contributed by atoms with Gasteiger partial charge in [-0.2, -0.15) is 13.2 Å². The first-order valence-electron chi connectivity index (χ1n) is 10.9. The van der Waals surface area contributed by atoms with E-state index in [2.05, 4.69) is 35.9 Å². The maximum Gasteiger partial charge on any atom is 0.416 e. The monoisotopic (exact) mass is 442 g/mol. The van der Waals surface area contributed by atoms with Gasteiger partial charge in [-0.3, -0.25) is 14.6 Å². The van der Waals surface area contributed by atoms with Crippen molar-refractivity contribution in [3.63, 3.8) is 0 Å². The molecule has 2 aliphatic heterocycles. The number of halogens is 3. The number of amides is 1. The van der Waals surface area contributed by atoms with Crippen molar-refractivity contribution in [1.82, 2.24) is 9.80 Å². The number of carbonyl (C=O) groups is 1. The number of nitrogens with zero attached hydrogens (tertiary/aromatic N) is 3. The third-order valence-electron chi connectivity index (χ3n) is 5.85. The Hall–Kier alpha value is -1.84. The second-order valence-electron chi connectivity index (χ2n) is 9.16. The minimum absolute atomic E-state index is 0.0728. The van der Waals surface area contributed by atoms with E-state index in [0.29, 0.717) is 32.0 Å². The molecule has 0 bridgehead atoms. The minimum atomic E-state index is -4.47. The standard InChI is InChI=1S/C22H33F3N4O2/c1-21(2,3)29-8-4-7-27(9-10-29)16-20(30)26-18-15-17(22(23,24)25)5-6-19(18)28-11-13-31-14-12-28/h5-6,15H,4,7-14,16H2,1-3H3,(H,26,30). The summed E-state index contributed by atoms with van der Waals surface area (Å²) in [5.74, 6) is -0.293. The summed E-state index contributed by atoms with van der Waals surface area (Å²) in [6.45, 7) is 12.2. The molecule has 2 heterocycles. The van der Waals surface area contributed by atoms with Gasteiger partial charge in [-0.15, -0.1) is 0 Å². The molecule has 1 aromatic rings. The Morgan fingerprint density at radius 3 is 2.39 bits per heavy atom. The van der Waals surface area contributed by atoms with E-state index in [-0.39, 0.29) is 23.7 Å². The van der Waals surface area contributed by atoms with E-state index in [1.54, 1.807) is 0 Å². The van der Waals surface area contributed by atoms with E-state index in [4.69, 9.17) is 4.74 Å². The van der Waals surface area contributed by atoms with E-state index in [1.807, 2.05) is 4.90 Å². The number of nitrogens with one attached hydrogen (secondary N) is 1. The number of carbonyl (C=O) groups excluding carboxylic acids is 1. The van der Waals surface area contributed by atoms with E-state index >= 15 is 0 Å². The first kappa shape index (κ1) is 23.8. The van der Waals surface area contributed by atoms with Crippen molar-refractivity contribution in [1.29, 1.82) is 0 Å². The second kappa shape index (κ2) is 9.75. The number of hydrogen-bond donors (Lipinski definition) is 1. The summed E-state index contributed by atoms with van der Waals surface area (Å²) in [4.78, 5) is 19.2. The highest BCUT2D eigenvalue weighted by Gasteiger charge is 2.32. The Labute approximate surface area is 182 Å². The maximum atomic E-state index is 13.3. The average Bonchev–Trinajstić information content (AvgIpc) is 2.93. The van der Waals surface area contributed by atoms with E-state index < -0.39 is 11.7 Å². The summed E-state index contributed by atoms with van der Waals surface area (Å²) in [6.07, 6.45) is -3.52. The second-order valence-corrected chi connectivity index (χ2v) is 9.16. The molecule has 1 N–H and O–H groups in total. The molecule has 0 unspecified atom stereocenters. The van der Waals surface area contributed by atoms with Crippen LogP contribution in [-0.2, 0) is 15.7 Å². The van der Waals surface area contributed by atoms with Gasteiger partial charge in [0.05, 0.1) is 36.7 Å². The molecule has 2 saturated heterocycles. The van der Waals surface area contributed by atoms with Crippen molar-refractivity contribution in [2.45, 2.75) is 38.9 Å². The third-order valence-corrected chi connectivity index (χ3v) is 5.85. The largest absolute Gasteiger partial charge is 0.416 e. The normalized spacial score (nSPS) is 19.9. The van der Waals surface area contributed by atoms with Crippen LogP contribution in [0.2, 0.25) is 0 Å². The molecule has 3 rings (SSSR count). The van der Waals surface area contributed by atoms with Crippen LogP contribution in [0.25, 0.3) is 0 Å². The Bertz CT molecular complexity index is 758. The van der Waals surface area contributed by atoms with Gasteiger partial charge in [0, 0.05) is 31.7 Å². The molecule has 0 radical (unpaired) electrons. The lowest BCUT2D eigenvalue weighted by Gasteiger charge is -2.34. The molecular formula is C22H33F3N4O2. The first-order valence-corrected chi connectivity index (χ1v) is 10.9. The Balaban J connectivity index is 1.70. The zero-order valence-corrected chi connectivity index (χ0v) is 18.6. The fourth-order valence-electron chi connectivity index (χ4n) is 4.09. The molecule has 6 nitrogen and oxygen atoms in total. The molecule has 2 aliphatic rings. The van der Waals surface area contributed by atoms with Crippen molar-refractivity contribution in [2.75, 3.05) is 69.2 Å². The molecule has 0 aromatic heterocycles. The lowest BCUT2D eigenvalue weighted by atomic mass is 10.1. The quantitative estimate of drug-likeness (QED) is 0.776. The molecule has 0 saturated carbocycles. The molecule has 0 atom stereocenters. The van der Waals surface area contributed by atoms with Crippen molar-refractivity contribution in [3.8, 4) is 0 Å². The number of anilines is 2. The van der Waals surface area contributed by atoms with E-state index in [9.17, 15) is 18.0 Å². The van der Waals surface area contributed by atoms with Crippen LogP contribution in [0.1, 0.15) is 32.8 Å². The molecule has 31 heavy (non-hydrogen) atoms. The Morgan fingerprint density at radius 1 is 1.03 bits per heavy atom. The maximum absolute atomic E-state index is 13.3. The fraction of sp³-hybridized carbons (Fsp3) is 0.682. The zero-order chi connectivity index (χ0) is 22.6. The van der Waals surface area contributed by atoms with Crippen molar-refractivity contribution in [3.05, 3.63) is 23.8 Å². The van der Waals surface area contributed by atoms with Crippen LogP contribution in [0.4, 0.5) is 24.5 Å². The van der Waals surface area contributed by atoms with Gasteiger partial charge in [-0.25, -0.2) is 0 Å². The van der Waals surface area contributed by atoms with E-state index in [1.165, 1.54) is 6.07 Å². The molecule has 0 spiro atoms. The van der Waals surface area contributed by atoms with Gasteiger partial charge in [-0.05, 0) is 58.5 Å². The highest BCUT2D eigenvalue weighted by atomic mass is 19.4. The highest BCUT2D eigenvalue weighted by molar-refractivity contribution is 5.95. The zero-order valence-electron chi connectivity index (χ0n) is 18.6. The molecule has 174 valence electrons. The highest BCUT2D eigenvalue weighted by Crippen LogP contribution is 2.35. The summed E-state index contributed by atoms with van der Waals surface area (Å²) in [7, 11) is 0. The number of benzene rings is 1. The predicted molar refractivity (Wildman–Crippen MR) is 115 cm³/mol. The summed E-state index contributed by atoms with van der Waals surface area (Å²) in [5.41, 5.74) is 0.103. The molecule has 1 amide bonds. The van der Waals surface area contributed by atoms with Crippen LogP contribution in [0.15, 0.2) is 18.2 Å². The van der Waals surface area contributed by atoms with Crippen molar-refractivity contribution in [2.24, 2.45) is 0 Å². The van der Waals surface area contributed by atoms with Gasteiger partial charge in [0.1, 0.15) is 0 Å². The topological polar surface area (TPSA) is 48.0 Å². The van der Waals surface area contributed by atoms with Crippen LogP contribution in [0.3, 0.4) is 0 Å². The van der Waals surface area contributed by atoms with Crippen LogP contribution >= 0.6 is 0 Å². The third kappa shape index (κ3) is 6.57. The molecule has 1 aromatic carbocycles. The summed E-state index contributed by atoms with van der Waals surface area (Å²) >= 11 is 0. The molecule has 9 heteroatoms. The Morgan fingerprint density at radius 2 is 1.74 bits per heavy atom. The minimum Gasteiger partial charge on any atom is -0.378 e. The van der Waals surface area contributed by atoms with Gasteiger partial charge in [-0.1, -0.05) is 0 Å². The first-order chi connectivity index (χ1) is 14.5. The van der Waals surface area contributed by atoms with Crippen LogP contribution < -0.4 is 10.2 Å². The predicted octanol–water partition coefficient (Wildman–Crippen LogP) is 3.29. The summed E-state index contributed by atoms with van der Waals surface area (Å²) in [5, 5.41) is 2.75. The van der Waals surface area contributed by atoms with Gasteiger partial charge in [0.15, 0.2) is 0 Å². The van der Waals surface area contributed by atoms with Crippen molar-refractivity contribution < 1.29 is 22.7 Å². The van der Waals surface area contributed by atoms with Crippen LogP contribution in [0, 0.1) is 0 Å². The fourth-order valence-corrected chi connectivity index (χ4v) is 4.09.